The fourth-order valence-electron chi connectivity index (χ4n) is 1.72. The molecule has 1 fully saturated rings. The Bertz CT molecular complexity index is 290. The predicted octanol–water partition coefficient (Wildman–Crippen LogP) is 2.08. The Balaban J connectivity index is 1.91. The Hall–Kier alpha value is -1.10. The second kappa shape index (κ2) is 8.91. The molecule has 5 heteroatoms. The summed E-state index contributed by atoms with van der Waals surface area (Å²) >= 11 is 0. The van der Waals surface area contributed by atoms with Crippen LogP contribution in [-0.2, 0) is 23.8 Å². The van der Waals surface area contributed by atoms with Crippen LogP contribution in [0.15, 0.2) is 0 Å². The zero-order valence-electron chi connectivity index (χ0n) is 11.9. The number of hydrogen-bond acceptors (Lipinski definition) is 5. The van der Waals surface area contributed by atoms with E-state index in [0.717, 1.165) is 25.7 Å². The molecule has 19 heavy (non-hydrogen) atoms. The molecule has 0 aromatic rings. The average molecular weight is 272 g/mol. The van der Waals surface area contributed by atoms with E-state index in [1.165, 1.54) is 0 Å². The first-order chi connectivity index (χ1) is 9.15. The van der Waals surface area contributed by atoms with Gasteiger partial charge in [0, 0.05) is 13.0 Å². The monoisotopic (exact) mass is 272 g/mol. The highest BCUT2D eigenvalue weighted by Gasteiger charge is 2.26. The van der Waals surface area contributed by atoms with E-state index in [2.05, 4.69) is 0 Å². The van der Waals surface area contributed by atoms with Crippen LogP contribution in [0.2, 0.25) is 0 Å². The lowest BCUT2D eigenvalue weighted by atomic mass is 10.1. The molecule has 1 rings (SSSR count). The second-order valence-corrected chi connectivity index (χ2v) is 4.85. The summed E-state index contributed by atoms with van der Waals surface area (Å²) in [5.74, 6) is -0.383. The van der Waals surface area contributed by atoms with E-state index < -0.39 is 0 Å². The quantitative estimate of drug-likeness (QED) is 0.475. The summed E-state index contributed by atoms with van der Waals surface area (Å²) in [5, 5.41) is 0. The van der Waals surface area contributed by atoms with Crippen LogP contribution in [0, 0.1) is 5.92 Å². The normalized spacial score (nSPS) is 20.1. The molecule has 1 aliphatic heterocycles. The minimum Gasteiger partial charge on any atom is -0.465 e. The Morgan fingerprint density at radius 2 is 2.11 bits per heavy atom. The Labute approximate surface area is 114 Å². The molecule has 0 spiro atoms. The molecule has 1 aliphatic rings. The van der Waals surface area contributed by atoms with Crippen LogP contribution >= 0.6 is 0 Å². The summed E-state index contributed by atoms with van der Waals surface area (Å²) in [6, 6.07) is 0. The highest BCUT2D eigenvalue weighted by Crippen LogP contribution is 2.11. The molecule has 0 aliphatic carbocycles. The summed E-state index contributed by atoms with van der Waals surface area (Å²) in [7, 11) is 0. The van der Waals surface area contributed by atoms with Crippen LogP contribution in [0.5, 0.6) is 0 Å². The molecule has 0 bridgehead atoms. The molecule has 2 unspecified atom stereocenters. The SMILES string of the molecule is CCC(C)C(=O)OCCCCCOC1CCOC1=O. The smallest absolute Gasteiger partial charge is 0.335 e. The van der Waals surface area contributed by atoms with E-state index in [1.54, 1.807) is 0 Å². The molecule has 0 aromatic carbocycles. The van der Waals surface area contributed by atoms with Crippen molar-refractivity contribution in [3.05, 3.63) is 0 Å². The maximum Gasteiger partial charge on any atom is 0.335 e. The molecule has 0 radical (unpaired) electrons. The van der Waals surface area contributed by atoms with Crippen molar-refractivity contribution in [3.63, 3.8) is 0 Å². The maximum atomic E-state index is 11.4. The van der Waals surface area contributed by atoms with Gasteiger partial charge in [0.1, 0.15) is 0 Å². The lowest BCUT2D eigenvalue weighted by Crippen LogP contribution is -2.19. The van der Waals surface area contributed by atoms with Gasteiger partial charge in [-0.1, -0.05) is 13.8 Å². The van der Waals surface area contributed by atoms with Gasteiger partial charge in [-0.05, 0) is 25.7 Å². The molecule has 0 N–H and O–H groups in total. The Kier molecular flexibility index (Phi) is 7.48. The zero-order chi connectivity index (χ0) is 14.1. The number of esters is 2. The lowest BCUT2D eigenvalue weighted by molar-refractivity contribution is -0.149. The minimum atomic E-state index is -0.372. The van der Waals surface area contributed by atoms with Gasteiger partial charge in [0.15, 0.2) is 6.10 Å². The third kappa shape index (κ3) is 6.05. The van der Waals surface area contributed by atoms with Gasteiger partial charge in [-0.3, -0.25) is 4.79 Å². The van der Waals surface area contributed by atoms with Gasteiger partial charge in [-0.2, -0.15) is 0 Å². The van der Waals surface area contributed by atoms with Gasteiger partial charge >= 0.3 is 11.9 Å². The van der Waals surface area contributed by atoms with E-state index in [-0.39, 0.29) is 24.0 Å². The molecular formula is C14H24O5. The van der Waals surface area contributed by atoms with Gasteiger partial charge in [0.2, 0.25) is 0 Å². The van der Waals surface area contributed by atoms with Gasteiger partial charge in [0.25, 0.3) is 0 Å². The molecule has 5 nitrogen and oxygen atoms in total. The zero-order valence-corrected chi connectivity index (χ0v) is 11.9. The number of rotatable bonds is 9. The highest BCUT2D eigenvalue weighted by atomic mass is 16.6. The Morgan fingerprint density at radius 3 is 2.74 bits per heavy atom. The number of cyclic esters (lactones) is 1. The largest absolute Gasteiger partial charge is 0.465 e. The topological polar surface area (TPSA) is 61.8 Å². The molecule has 0 amide bonds. The summed E-state index contributed by atoms with van der Waals surface area (Å²) in [5.41, 5.74) is 0. The molecule has 1 saturated heterocycles. The first kappa shape index (κ1) is 16.0. The van der Waals surface area contributed by atoms with E-state index in [0.29, 0.717) is 26.2 Å². The van der Waals surface area contributed by atoms with Crippen LogP contribution in [0.3, 0.4) is 0 Å². The first-order valence-electron chi connectivity index (χ1n) is 7.10. The third-order valence-corrected chi connectivity index (χ3v) is 3.25. The van der Waals surface area contributed by atoms with Crippen molar-refractivity contribution in [2.75, 3.05) is 19.8 Å². The summed E-state index contributed by atoms with van der Waals surface area (Å²) in [6.07, 6.45) is 3.72. The summed E-state index contributed by atoms with van der Waals surface area (Å²) < 4.78 is 15.4. The summed E-state index contributed by atoms with van der Waals surface area (Å²) in [6.45, 7) is 5.33. The van der Waals surface area contributed by atoms with E-state index in [1.807, 2.05) is 13.8 Å². The van der Waals surface area contributed by atoms with Crippen molar-refractivity contribution >= 4 is 11.9 Å². The predicted molar refractivity (Wildman–Crippen MR) is 69.6 cm³/mol. The standard InChI is InChI=1S/C14H24O5/c1-3-11(2)13(15)18-9-6-4-5-8-17-12-7-10-19-14(12)16/h11-12H,3-10H2,1-2H3. The average Bonchev–Trinajstić information content (AvgIpc) is 2.82. The lowest BCUT2D eigenvalue weighted by Gasteiger charge is -2.09. The van der Waals surface area contributed by atoms with Gasteiger partial charge in [-0.25, -0.2) is 4.79 Å². The van der Waals surface area contributed by atoms with Crippen LogP contribution in [0.4, 0.5) is 0 Å². The number of unbranched alkanes of at least 4 members (excludes halogenated alkanes) is 2. The van der Waals surface area contributed by atoms with Crippen molar-refractivity contribution in [2.45, 2.75) is 52.1 Å². The number of hydrogen-bond donors (Lipinski definition) is 0. The van der Waals surface area contributed by atoms with E-state index in [4.69, 9.17) is 14.2 Å². The van der Waals surface area contributed by atoms with E-state index >= 15 is 0 Å². The molecule has 0 saturated carbocycles. The van der Waals surface area contributed by atoms with Crippen molar-refractivity contribution in [1.82, 2.24) is 0 Å². The van der Waals surface area contributed by atoms with Crippen LogP contribution in [0.25, 0.3) is 0 Å². The molecule has 2 atom stereocenters. The summed E-state index contributed by atoms with van der Waals surface area (Å²) in [4.78, 5) is 22.5. The molecular weight excluding hydrogens is 248 g/mol. The number of carbonyl (C=O) groups excluding carboxylic acids is 2. The maximum absolute atomic E-state index is 11.4. The fourth-order valence-corrected chi connectivity index (χ4v) is 1.72. The van der Waals surface area contributed by atoms with Gasteiger partial charge < -0.3 is 14.2 Å². The van der Waals surface area contributed by atoms with Crippen molar-refractivity contribution < 1.29 is 23.8 Å². The minimum absolute atomic E-state index is 0.0169. The van der Waals surface area contributed by atoms with Crippen LogP contribution < -0.4 is 0 Å². The first-order valence-corrected chi connectivity index (χ1v) is 7.10. The van der Waals surface area contributed by atoms with Crippen molar-refractivity contribution in [2.24, 2.45) is 5.92 Å². The molecule has 0 aromatic heterocycles. The van der Waals surface area contributed by atoms with Gasteiger partial charge in [0.05, 0.1) is 19.1 Å². The van der Waals surface area contributed by atoms with E-state index in [9.17, 15) is 9.59 Å². The molecule has 1 heterocycles. The van der Waals surface area contributed by atoms with Crippen LogP contribution in [0.1, 0.15) is 46.0 Å². The van der Waals surface area contributed by atoms with Crippen molar-refractivity contribution in [1.29, 1.82) is 0 Å². The van der Waals surface area contributed by atoms with Crippen molar-refractivity contribution in [3.8, 4) is 0 Å². The molecule has 110 valence electrons. The van der Waals surface area contributed by atoms with Gasteiger partial charge in [-0.15, -0.1) is 0 Å². The highest BCUT2D eigenvalue weighted by molar-refractivity contribution is 5.76. The Morgan fingerprint density at radius 1 is 1.37 bits per heavy atom. The third-order valence-electron chi connectivity index (χ3n) is 3.25. The number of ether oxygens (including phenoxy) is 3. The van der Waals surface area contributed by atoms with Crippen LogP contribution in [-0.4, -0.2) is 37.9 Å². The number of carbonyl (C=O) groups is 2. The fraction of sp³-hybridized carbons (Fsp3) is 0.857. The second-order valence-electron chi connectivity index (χ2n) is 4.85.